The van der Waals surface area contributed by atoms with Gasteiger partial charge in [0.15, 0.2) is 0 Å². The highest BCUT2D eigenvalue weighted by Crippen LogP contribution is 2.17. The molecule has 166 valence electrons. The monoisotopic (exact) mass is 508 g/mol. The molecule has 2 aliphatic rings. The molecule has 1 aromatic carbocycles. The van der Waals surface area contributed by atoms with E-state index in [0.717, 1.165) is 62.0 Å². The van der Waals surface area contributed by atoms with Crippen molar-refractivity contribution >= 4 is 68.6 Å². The summed E-state index contributed by atoms with van der Waals surface area (Å²) in [5, 5.41) is 0.839. The molecule has 8 bridgehead atoms. The SMILES string of the molecule is C1=Cc2cc3ccc(cc4nc(cc5ccc(cc1n2)[nH]5)C=C4)[nH]3.O=Cc1ccc(CBr)cc1. The Kier molecular flexibility index (Phi) is 6.31. The normalized spacial score (nSPS) is 11.7. The molecule has 0 atom stereocenters. The van der Waals surface area contributed by atoms with E-state index in [1.165, 1.54) is 5.56 Å². The molecular weight excluding hydrogens is 488 g/mol. The zero-order valence-corrected chi connectivity index (χ0v) is 19.8. The van der Waals surface area contributed by atoms with Crippen LogP contribution in [0.2, 0.25) is 0 Å². The number of hydrogen-bond acceptors (Lipinski definition) is 3. The van der Waals surface area contributed by atoms with Gasteiger partial charge in [0.2, 0.25) is 0 Å². The molecule has 0 amide bonds. The number of carbonyl (C=O) groups is 1. The number of alkyl halides is 1. The van der Waals surface area contributed by atoms with Crippen LogP contribution in [0.1, 0.15) is 38.7 Å². The van der Waals surface area contributed by atoms with Crippen molar-refractivity contribution in [3.63, 3.8) is 0 Å². The predicted octanol–water partition coefficient (Wildman–Crippen LogP) is 7.05. The Labute approximate surface area is 205 Å². The smallest absolute Gasteiger partial charge is 0.150 e. The van der Waals surface area contributed by atoms with Crippen LogP contribution in [0.4, 0.5) is 0 Å². The second kappa shape index (κ2) is 9.85. The second-order valence-electron chi connectivity index (χ2n) is 7.90. The largest absolute Gasteiger partial charge is 0.355 e. The quantitative estimate of drug-likeness (QED) is 0.194. The Morgan fingerprint density at radius 3 is 1.32 bits per heavy atom. The van der Waals surface area contributed by atoms with Crippen LogP contribution in [-0.2, 0) is 5.33 Å². The summed E-state index contributed by atoms with van der Waals surface area (Å²) in [5.74, 6) is 0. The van der Waals surface area contributed by atoms with Crippen LogP contribution in [0.15, 0.2) is 72.8 Å². The van der Waals surface area contributed by atoms with Crippen LogP contribution in [0, 0.1) is 0 Å². The molecule has 6 heteroatoms. The van der Waals surface area contributed by atoms with Crippen LogP contribution < -0.4 is 0 Å². The van der Waals surface area contributed by atoms with Crippen LogP contribution in [-0.4, -0.2) is 26.2 Å². The third kappa shape index (κ3) is 5.30. The minimum atomic E-state index is 0.727. The molecule has 2 N–H and O–H groups in total. The summed E-state index contributed by atoms with van der Waals surface area (Å²) in [6.07, 6.45) is 8.94. The van der Waals surface area contributed by atoms with Crippen molar-refractivity contribution in [2.75, 3.05) is 0 Å². The number of nitrogens with one attached hydrogen (secondary N) is 2. The number of carbonyl (C=O) groups excluding carboxylic acids is 1. The molecule has 0 fully saturated rings. The van der Waals surface area contributed by atoms with Crippen molar-refractivity contribution < 1.29 is 4.79 Å². The van der Waals surface area contributed by atoms with E-state index < -0.39 is 0 Å². The van der Waals surface area contributed by atoms with E-state index in [1.54, 1.807) is 0 Å². The van der Waals surface area contributed by atoms with Gasteiger partial charge >= 0.3 is 0 Å². The fraction of sp³-hybridized carbons (Fsp3) is 0.0357. The van der Waals surface area contributed by atoms with E-state index in [1.807, 2.05) is 72.8 Å². The van der Waals surface area contributed by atoms with Gasteiger partial charge in [-0.3, -0.25) is 4.79 Å². The van der Waals surface area contributed by atoms with E-state index in [4.69, 9.17) is 0 Å². The average molecular weight is 509 g/mol. The van der Waals surface area contributed by atoms with Gasteiger partial charge in [-0.25, -0.2) is 9.97 Å². The Bertz CT molecular complexity index is 1380. The number of aromatic amines is 2. The van der Waals surface area contributed by atoms with Crippen molar-refractivity contribution in [3.05, 3.63) is 107 Å². The van der Waals surface area contributed by atoms with Crippen LogP contribution in [0.25, 0.3) is 46.4 Å². The maximum absolute atomic E-state index is 10.2. The highest BCUT2D eigenvalue weighted by Gasteiger charge is 2.01. The van der Waals surface area contributed by atoms with Gasteiger partial charge in [0.25, 0.3) is 0 Å². The fourth-order valence-corrected chi connectivity index (χ4v) is 4.00. The first-order chi connectivity index (χ1) is 16.7. The van der Waals surface area contributed by atoms with Crippen molar-refractivity contribution in [1.29, 1.82) is 0 Å². The lowest BCUT2D eigenvalue weighted by Crippen LogP contribution is -1.80. The standard InChI is InChI=1S/C20H14N4.C8H7BrO/c1-2-14-10-16-5-6-18(23-16)12-20-8-7-19(24-20)11-17-4-3-15(22-17)9-13(1)21-14;9-5-7-1-3-8(6-10)4-2-7/h1-12,21,24H;1-4,6H,5H2. The number of H-pyrrole nitrogens is 2. The second-order valence-corrected chi connectivity index (χ2v) is 8.46. The highest BCUT2D eigenvalue weighted by molar-refractivity contribution is 9.08. The molecule has 0 radical (unpaired) electrons. The summed E-state index contributed by atoms with van der Waals surface area (Å²) in [6, 6.07) is 23.8. The summed E-state index contributed by atoms with van der Waals surface area (Å²) in [4.78, 5) is 26.2. The summed E-state index contributed by atoms with van der Waals surface area (Å²) in [5.41, 5.74) is 9.77. The minimum absolute atomic E-state index is 0.727. The van der Waals surface area contributed by atoms with Gasteiger partial charge < -0.3 is 9.97 Å². The number of hydrogen-bond donors (Lipinski definition) is 2. The molecule has 2 aliphatic heterocycles. The Balaban J connectivity index is 0.000000204. The highest BCUT2D eigenvalue weighted by atomic mass is 79.9. The molecule has 34 heavy (non-hydrogen) atoms. The van der Waals surface area contributed by atoms with Crippen molar-refractivity contribution in [3.8, 4) is 0 Å². The van der Waals surface area contributed by atoms with Gasteiger partial charge in [-0.15, -0.1) is 0 Å². The number of aldehydes is 1. The van der Waals surface area contributed by atoms with E-state index in [-0.39, 0.29) is 0 Å². The molecule has 0 saturated carbocycles. The van der Waals surface area contributed by atoms with Gasteiger partial charge in [0.1, 0.15) is 6.29 Å². The van der Waals surface area contributed by atoms with Crippen LogP contribution in [0.5, 0.6) is 0 Å². The zero-order chi connectivity index (χ0) is 23.3. The number of benzene rings is 1. The van der Waals surface area contributed by atoms with E-state index in [9.17, 15) is 4.79 Å². The topological polar surface area (TPSA) is 74.4 Å². The zero-order valence-electron chi connectivity index (χ0n) is 18.2. The number of halogens is 1. The molecule has 0 unspecified atom stereocenters. The summed E-state index contributed by atoms with van der Waals surface area (Å²) in [6.45, 7) is 0. The predicted molar refractivity (Wildman–Crippen MR) is 143 cm³/mol. The third-order valence-corrected chi connectivity index (χ3v) is 5.96. The maximum atomic E-state index is 10.2. The number of aromatic nitrogens is 4. The molecule has 4 aromatic rings. The van der Waals surface area contributed by atoms with Crippen molar-refractivity contribution in [2.45, 2.75) is 5.33 Å². The first-order valence-corrected chi connectivity index (χ1v) is 11.9. The molecule has 0 saturated heterocycles. The fourth-order valence-electron chi connectivity index (χ4n) is 3.63. The maximum Gasteiger partial charge on any atom is 0.150 e. The summed E-state index contributed by atoms with van der Waals surface area (Å²) >= 11 is 3.32. The number of nitrogens with zero attached hydrogens (tertiary/aromatic N) is 2. The molecule has 6 rings (SSSR count). The van der Waals surface area contributed by atoms with Crippen molar-refractivity contribution in [2.24, 2.45) is 0 Å². The lowest BCUT2D eigenvalue weighted by atomic mass is 10.2. The van der Waals surface area contributed by atoms with Gasteiger partial charge in [-0.2, -0.15) is 0 Å². The van der Waals surface area contributed by atoms with E-state index in [2.05, 4.69) is 60.1 Å². The van der Waals surface area contributed by atoms with E-state index >= 15 is 0 Å². The number of fused-ring (bicyclic) bond motifs is 8. The van der Waals surface area contributed by atoms with Gasteiger partial charge in [0.05, 0.1) is 22.8 Å². The lowest BCUT2D eigenvalue weighted by Gasteiger charge is -1.92. The van der Waals surface area contributed by atoms with Crippen LogP contribution in [0.3, 0.4) is 0 Å². The average Bonchev–Trinajstić information content (AvgIpc) is 3.66. The van der Waals surface area contributed by atoms with Crippen molar-refractivity contribution in [1.82, 2.24) is 19.9 Å². The summed E-state index contributed by atoms with van der Waals surface area (Å²) in [7, 11) is 0. The van der Waals surface area contributed by atoms with Gasteiger partial charge in [-0.1, -0.05) is 40.2 Å². The third-order valence-electron chi connectivity index (χ3n) is 5.31. The number of rotatable bonds is 2. The molecule has 5 nitrogen and oxygen atoms in total. The first-order valence-electron chi connectivity index (χ1n) is 10.8. The Hall–Kier alpha value is -4.03. The Morgan fingerprint density at radius 2 is 1.00 bits per heavy atom. The minimum Gasteiger partial charge on any atom is -0.355 e. The molecule has 5 heterocycles. The van der Waals surface area contributed by atoms with E-state index in [0.29, 0.717) is 0 Å². The van der Waals surface area contributed by atoms with Gasteiger partial charge in [0, 0.05) is 33.0 Å². The summed E-state index contributed by atoms with van der Waals surface area (Å²) < 4.78 is 0. The lowest BCUT2D eigenvalue weighted by molar-refractivity contribution is 0.112. The molecular formula is C28H21BrN4O. The molecule has 0 spiro atoms. The molecule has 0 aliphatic carbocycles. The Morgan fingerprint density at radius 1 is 0.618 bits per heavy atom. The molecule has 3 aromatic heterocycles. The van der Waals surface area contributed by atoms with Crippen LogP contribution >= 0.6 is 15.9 Å². The first kappa shape index (κ1) is 21.8. The van der Waals surface area contributed by atoms with Gasteiger partial charge in [-0.05, 0) is 78.4 Å².